The van der Waals surface area contributed by atoms with Crippen LogP contribution in [0.3, 0.4) is 0 Å². The Labute approximate surface area is 147 Å². The summed E-state index contributed by atoms with van der Waals surface area (Å²) in [5.41, 5.74) is 0.507. The van der Waals surface area contributed by atoms with Crippen LogP contribution in [0.5, 0.6) is 0 Å². The van der Waals surface area contributed by atoms with E-state index in [-0.39, 0.29) is 11.5 Å². The van der Waals surface area contributed by atoms with E-state index in [0.717, 1.165) is 31.2 Å². The van der Waals surface area contributed by atoms with Crippen LogP contribution >= 0.6 is 0 Å². The van der Waals surface area contributed by atoms with Crippen molar-refractivity contribution >= 4 is 5.91 Å². The summed E-state index contributed by atoms with van der Waals surface area (Å²) in [7, 11) is 1.63. The largest absolute Gasteiger partial charge is 0.388 e. The molecular formula is C20H24N2O3. The molecule has 1 aliphatic rings. The predicted octanol–water partition coefficient (Wildman–Crippen LogP) is 2.33. The minimum atomic E-state index is -0.814. The molecule has 2 aromatic rings. The van der Waals surface area contributed by atoms with Crippen molar-refractivity contribution in [3.8, 4) is 0 Å². The molecule has 0 aliphatic heterocycles. The maximum absolute atomic E-state index is 13.0. The summed E-state index contributed by atoms with van der Waals surface area (Å²) >= 11 is 0. The van der Waals surface area contributed by atoms with Crippen LogP contribution in [0, 0.1) is 0 Å². The zero-order chi connectivity index (χ0) is 17.9. The van der Waals surface area contributed by atoms with Gasteiger partial charge in [-0.15, -0.1) is 0 Å². The van der Waals surface area contributed by atoms with E-state index in [2.05, 4.69) is 0 Å². The minimum absolute atomic E-state index is 0.152. The Hall–Kier alpha value is -2.40. The maximum Gasteiger partial charge on any atom is 0.255 e. The zero-order valence-corrected chi connectivity index (χ0v) is 14.5. The molecule has 5 nitrogen and oxygen atoms in total. The van der Waals surface area contributed by atoms with E-state index < -0.39 is 5.60 Å². The van der Waals surface area contributed by atoms with E-state index in [1.165, 1.54) is 10.6 Å². The first kappa shape index (κ1) is 17.4. The van der Waals surface area contributed by atoms with Crippen molar-refractivity contribution in [1.29, 1.82) is 0 Å². The number of aryl methyl sites for hydroxylation is 1. The zero-order valence-electron chi connectivity index (χ0n) is 14.5. The normalized spacial score (nSPS) is 15.9. The SMILES string of the molecule is Cn1cc(C(=O)N(Cc2ccccc2)CC2(O)CCCC2)ccc1=O. The smallest absolute Gasteiger partial charge is 0.255 e. The van der Waals surface area contributed by atoms with E-state index >= 15 is 0 Å². The Bertz CT molecular complexity index is 792. The summed E-state index contributed by atoms with van der Waals surface area (Å²) in [4.78, 5) is 26.3. The number of nitrogens with zero attached hydrogens (tertiary/aromatic N) is 2. The third-order valence-electron chi connectivity index (χ3n) is 4.86. The van der Waals surface area contributed by atoms with Gasteiger partial charge in [0.25, 0.3) is 5.91 Å². The molecule has 0 atom stereocenters. The van der Waals surface area contributed by atoms with E-state index in [4.69, 9.17) is 0 Å². The average Bonchev–Trinajstić information content (AvgIpc) is 3.03. The molecule has 1 aliphatic carbocycles. The van der Waals surface area contributed by atoms with Gasteiger partial charge in [0, 0.05) is 25.9 Å². The van der Waals surface area contributed by atoms with Crippen molar-refractivity contribution in [1.82, 2.24) is 9.47 Å². The number of carbonyl (C=O) groups is 1. The van der Waals surface area contributed by atoms with Crippen molar-refractivity contribution in [2.45, 2.75) is 37.8 Å². The number of amides is 1. The highest BCUT2D eigenvalue weighted by Crippen LogP contribution is 2.31. The number of carbonyl (C=O) groups excluding carboxylic acids is 1. The van der Waals surface area contributed by atoms with Gasteiger partial charge >= 0.3 is 0 Å². The Kier molecular flexibility index (Phi) is 5.04. The molecule has 1 aromatic heterocycles. The lowest BCUT2D eigenvalue weighted by Gasteiger charge is -2.31. The summed E-state index contributed by atoms with van der Waals surface area (Å²) in [5.74, 6) is -0.167. The van der Waals surface area contributed by atoms with Crippen LogP contribution in [-0.4, -0.2) is 32.6 Å². The van der Waals surface area contributed by atoms with Gasteiger partial charge in [0.15, 0.2) is 0 Å². The van der Waals surface area contributed by atoms with Crippen LogP contribution in [0.25, 0.3) is 0 Å². The fourth-order valence-corrected chi connectivity index (χ4v) is 3.45. The summed E-state index contributed by atoms with van der Waals surface area (Å²) in [6, 6.07) is 12.7. The van der Waals surface area contributed by atoms with Gasteiger partial charge < -0.3 is 14.6 Å². The second-order valence-corrected chi connectivity index (χ2v) is 6.95. The summed E-state index contributed by atoms with van der Waals surface area (Å²) in [5, 5.41) is 10.8. The van der Waals surface area contributed by atoms with Crippen LogP contribution in [-0.2, 0) is 13.6 Å². The van der Waals surface area contributed by atoms with E-state index in [9.17, 15) is 14.7 Å². The quantitative estimate of drug-likeness (QED) is 0.909. The fraction of sp³-hybridized carbons (Fsp3) is 0.400. The van der Waals surface area contributed by atoms with Crippen LogP contribution < -0.4 is 5.56 Å². The first-order valence-corrected chi connectivity index (χ1v) is 8.69. The van der Waals surface area contributed by atoms with E-state index in [1.54, 1.807) is 24.2 Å². The van der Waals surface area contributed by atoms with Gasteiger partial charge in [-0.25, -0.2) is 0 Å². The number of rotatable bonds is 5. The van der Waals surface area contributed by atoms with Crippen LogP contribution in [0.2, 0.25) is 0 Å². The minimum Gasteiger partial charge on any atom is -0.388 e. The highest BCUT2D eigenvalue weighted by atomic mass is 16.3. The third-order valence-corrected chi connectivity index (χ3v) is 4.86. The Morgan fingerprint density at radius 3 is 2.48 bits per heavy atom. The molecular weight excluding hydrogens is 316 g/mol. The number of hydrogen-bond acceptors (Lipinski definition) is 3. The number of pyridine rings is 1. The lowest BCUT2D eigenvalue weighted by atomic mass is 10.0. The molecule has 1 N–H and O–H groups in total. The van der Waals surface area contributed by atoms with Crippen molar-refractivity contribution < 1.29 is 9.90 Å². The van der Waals surface area contributed by atoms with Gasteiger partial charge in [-0.2, -0.15) is 0 Å². The highest BCUT2D eigenvalue weighted by Gasteiger charge is 2.35. The molecule has 0 unspecified atom stereocenters. The summed E-state index contributed by atoms with van der Waals surface area (Å²) in [6.07, 6.45) is 4.98. The molecule has 3 rings (SSSR count). The molecule has 0 spiro atoms. The van der Waals surface area contributed by atoms with Gasteiger partial charge in [-0.3, -0.25) is 9.59 Å². The highest BCUT2D eigenvalue weighted by molar-refractivity contribution is 5.94. The molecule has 5 heteroatoms. The molecule has 0 radical (unpaired) electrons. The van der Waals surface area contributed by atoms with Crippen LogP contribution in [0.4, 0.5) is 0 Å². The van der Waals surface area contributed by atoms with Crippen molar-refractivity contribution in [3.05, 3.63) is 70.1 Å². The lowest BCUT2D eigenvalue weighted by Crippen LogP contribution is -2.44. The topological polar surface area (TPSA) is 62.5 Å². The maximum atomic E-state index is 13.0. The first-order valence-electron chi connectivity index (χ1n) is 8.69. The molecule has 1 amide bonds. The second kappa shape index (κ2) is 7.23. The molecule has 0 saturated heterocycles. The van der Waals surface area contributed by atoms with Gasteiger partial charge in [0.1, 0.15) is 0 Å². The monoisotopic (exact) mass is 340 g/mol. The molecule has 1 heterocycles. The first-order chi connectivity index (χ1) is 12.0. The van der Waals surface area contributed by atoms with Gasteiger partial charge in [-0.05, 0) is 24.5 Å². The standard InChI is InChI=1S/C20H24N2O3/c1-21-14-17(9-10-18(21)23)19(24)22(13-16-7-3-2-4-8-16)15-20(25)11-5-6-12-20/h2-4,7-10,14,25H,5-6,11-13,15H2,1H3. The van der Waals surface area contributed by atoms with Crippen molar-refractivity contribution in [3.63, 3.8) is 0 Å². The van der Waals surface area contributed by atoms with Crippen molar-refractivity contribution in [2.24, 2.45) is 7.05 Å². The second-order valence-electron chi connectivity index (χ2n) is 6.95. The van der Waals surface area contributed by atoms with E-state index in [1.807, 2.05) is 30.3 Å². The molecule has 0 bridgehead atoms. The summed E-state index contributed by atoms with van der Waals surface area (Å²) in [6.45, 7) is 0.744. The fourth-order valence-electron chi connectivity index (χ4n) is 3.45. The Morgan fingerprint density at radius 1 is 1.16 bits per heavy atom. The van der Waals surface area contributed by atoms with Crippen LogP contribution in [0.15, 0.2) is 53.5 Å². The molecule has 1 aromatic carbocycles. The molecule has 1 saturated carbocycles. The van der Waals surface area contributed by atoms with E-state index in [0.29, 0.717) is 18.7 Å². The number of aromatic nitrogens is 1. The molecule has 132 valence electrons. The molecule has 25 heavy (non-hydrogen) atoms. The summed E-state index contributed by atoms with van der Waals surface area (Å²) < 4.78 is 1.40. The lowest BCUT2D eigenvalue weighted by molar-refractivity contribution is 0.00783. The molecule has 1 fully saturated rings. The van der Waals surface area contributed by atoms with Crippen molar-refractivity contribution in [2.75, 3.05) is 6.54 Å². The number of benzene rings is 1. The van der Waals surface area contributed by atoms with Gasteiger partial charge in [0.05, 0.1) is 17.7 Å². The Morgan fingerprint density at radius 2 is 1.84 bits per heavy atom. The average molecular weight is 340 g/mol. The Balaban J connectivity index is 1.87. The third kappa shape index (κ3) is 4.17. The van der Waals surface area contributed by atoms with Gasteiger partial charge in [-0.1, -0.05) is 43.2 Å². The predicted molar refractivity (Wildman–Crippen MR) is 96.3 cm³/mol. The van der Waals surface area contributed by atoms with Crippen LogP contribution in [0.1, 0.15) is 41.6 Å². The van der Waals surface area contributed by atoms with Gasteiger partial charge in [0.2, 0.25) is 5.56 Å². The number of aliphatic hydroxyl groups is 1. The number of hydrogen-bond donors (Lipinski definition) is 1.